The number of primary amides is 1. The van der Waals surface area contributed by atoms with Crippen molar-refractivity contribution in [3.05, 3.63) is 24.0 Å². The van der Waals surface area contributed by atoms with Crippen LogP contribution in [0.4, 0.5) is 20.6 Å². The van der Waals surface area contributed by atoms with Gasteiger partial charge in [-0.15, -0.1) is 0 Å². The average Bonchev–Trinajstić information content (AvgIpc) is 2.62. The second-order valence-electron chi connectivity index (χ2n) is 6.82. The van der Waals surface area contributed by atoms with Crippen LogP contribution in [0.3, 0.4) is 0 Å². The molecule has 0 bridgehead atoms. The van der Waals surface area contributed by atoms with Crippen LogP contribution in [0.25, 0.3) is 0 Å². The number of anilines is 2. The number of nitrogens with zero attached hydrogens (tertiary/aromatic N) is 2. The molecule has 136 valence electrons. The van der Waals surface area contributed by atoms with Gasteiger partial charge >= 0.3 is 6.03 Å². The van der Waals surface area contributed by atoms with Crippen LogP contribution >= 0.6 is 0 Å². The molecule has 2 aliphatic rings. The fourth-order valence-corrected chi connectivity index (χ4v) is 3.65. The van der Waals surface area contributed by atoms with Crippen molar-refractivity contribution in [1.82, 2.24) is 4.90 Å². The lowest BCUT2D eigenvalue weighted by Gasteiger charge is -2.32. The maximum absolute atomic E-state index is 13.7. The Balaban J connectivity index is 1.74. The molecule has 0 spiro atoms. The van der Waals surface area contributed by atoms with Crippen molar-refractivity contribution in [3.8, 4) is 0 Å². The highest BCUT2D eigenvalue weighted by molar-refractivity contribution is 5.96. The Labute approximate surface area is 147 Å². The molecule has 0 saturated carbocycles. The highest BCUT2D eigenvalue weighted by Gasteiger charge is 2.28. The number of hydrogen-bond donors (Lipinski definition) is 2. The van der Waals surface area contributed by atoms with Crippen molar-refractivity contribution in [1.29, 1.82) is 0 Å². The van der Waals surface area contributed by atoms with Gasteiger partial charge in [0.25, 0.3) is 0 Å². The van der Waals surface area contributed by atoms with Crippen LogP contribution in [0.15, 0.2) is 18.2 Å². The summed E-state index contributed by atoms with van der Waals surface area (Å²) in [6.45, 7) is 2.72. The number of likely N-dealkylation sites (tertiary alicyclic amines) is 1. The van der Waals surface area contributed by atoms with E-state index in [1.165, 1.54) is 23.5 Å². The van der Waals surface area contributed by atoms with Gasteiger partial charge in [-0.3, -0.25) is 4.79 Å². The van der Waals surface area contributed by atoms with E-state index < -0.39 is 6.03 Å². The zero-order chi connectivity index (χ0) is 17.8. The van der Waals surface area contributed by atoms with Gasteiger partial charge in [0.2, 0.25) is 5.91 Å². The lowest BCUT2D eigenvalue weighted by atomic mass is 9.97. The molecule has 1 unspecified atom stereocenters. The van der Waals surface area contributed by atoms with E-state index in [9.17, 15) is 14.0 Å². The minimum Gasteiger partial charge on any atom is -0.370 e. The molecule has 2 heterocycles. The smallest absolute Gasteiger partial charge is 0.314 e. The number of urea groups is 1. The normalized spacial score (nSPS) is 21.1. The van der Waals surface area contributed by atoms with Crippen LogP contribution in [0, 0.1) is 11.7 Å². The molecule has 1 aromatic carbocycles. The number of rotatable bonds is 3. The average molecular weight is 348 g/mol. The van der Waals surface area contributed by atoms with E-state index in [1.807, 2.05) is 0 Å². The molecule has 0 aliphatic carbocycles. The summed E-state index contributed by atoms with van der Waals surface area (Å²) in [4.78, 5) is 27.7. The summed E-state index contributed by atoms with van der Waals surface area (Å²) < 4.78 is 13.7. The third-order valence-electron chi connectivity index (χ3n) is 5.02. The molecule has 2 saturated heterocycles. The fraction of sp³-hybridized carbons (Fsp3) is 0.556. The highest BCUT2D eigenvalue weighted by Crippen LogP contribution is 2.30. The Morgan fingerprint density at radius 3 is 2.60 bits per heavy atom. The maximum atomic E-state index is 13.7. The number of halogens is 1. The first-order valence-corrected chi connectivity index (χ1v) is 8.94. The molecule has 25 heavy (non-hydrogen) atoms. The summed E-state index contributed by atoms with van der Waals surface area (Å²) in [6.07, 6.45) is 4.83. The summed E-state index contributed by atoms with van der Waals surface area (Å²) in [6, 6.07) is 4.02. The number of hydrogen-bond acceptors (Lipinski definition) is 3. The first-order chi connectivity index (χ1) is 12.0. The fourth-order valence-electron chi connectivity index (χ4n) is 3.65. The Kier molecular flexibility index (Phi) is 5.40. The first kappa shape index (κ1) is 17.5. The zero-order valence-corrected chi connectivity index (χ0v) is 14.3. The molecule has 6 nitrogen and oxygen atoms in total. The monoisotopic (exact) mass is 348 g/mol. The molecule has 2 fully saturated rings. The van der Waals surface area contributed by atoms with E-state index in [-0.39, 0.29) is 17.6 Å². The predicted molar refractivity (Wildman–Crippen MR) is 95.0 cm³/mol. The van der Waals surface area contributed by atoms with E-state index >= 15 is 0 Å². The molecule has 2 aliphatic heterocycles. The van der Waals surface area contributed by atoms with Crippen LogP contribution in [-0.2, 0) is 4.79 Å². The molecule has 3 N–H and O–H groups in total. The Morgan fingerprint density at radius 2 is 1.88 bits per heavy atom. The van der Waals surface area contributed by atoms with Gasteiger partial charge in [-0.25, -0.2) is 9.18 Å². The Hall–Kier alpha value is -2.31. The lowest BCUT2D eigenvalue weighted by molar-refractivity contribution is -0.121. The third kappa shape index (κ3) is 4.21. The topological polar surface area (TPSA) is 78.7 Å². The minimum atomic E-state index is -0.503. The van der Waals surface area contributed by atoms with Crippen molar-refractivity contribution in [2.45, 2.75) is 32.1 Å². The summed E-state index contributed by atoms with van der Waals surface area (Å²) in [5.74, 6) is -0.882. The van der Waals surface area contributed by atoms with Gasteiger partial charge in [-0.1, -0.05) is 0 Å². The Morgan fingerprint density at radius 1 is 1.12 bits per heavy atom. The van der Waals surface area contributed by atoms with Crippen LogP contribution in [0.1, 0.15) is 32.1 Å². The van der Waals surface area contributed by atoms with Gasteiger partial charge in [0.15, 0.2) is 0 Å². The van der Waals surface area contributed by atoms with E-state index in [1.54, 1.807) is 6.07 Å². The quantitative estimate of drug-likeness (QED) is 0.881. The summed E-state index contributed by atoms with van der Waals surface area (Å²) in [7, 11) is 0. The number of piperidine rings is 2. The van der Waals surface area contributed by atoms with E-state index in [4.69, 9.17) is 5.73 Å². The molecule has 0 aromatic heterocycles. The minimum absolute atomic E-state index is 0.185. The molecule has 1 aromatic rings. The van der Waals surface area contributed by atoms with Crippen LogP contribution in [-0.4, -0.2) is 43.0 Å². The van der Waals surface area contributed by atoms with Gasteiger partial charge in [0.1, 0.15) is 5.82 Å². The van der Waals surface area contributed by atoms with Crippen molar-refractivity contribution in [2.24, 2.45) is 11.7 Å². The molecule has 0 radical (unpaired) electrons. The second-order valence-corrected chi connectivity index (χ2v) is 6.82. The SMILES string of the molecule is NC(=O)N1CCCC(C(=O)Nc2cc(F)ccc2N2CCCCC2)C1. The van der Waals surface area contributed by atoms with Gasteiger partial charge in [-0.05, 0) is 50.3 Å². The third-order valence-corrected chi connectivity index (χ3v) is 5.02. The number of benzene rings is 1. The number of nitrogens with one attached hydrogen (secondary N) is 1. The van der Waals surface area contributed by atoms with Gasteiger partial charge in [0.05, 0.1) is 17.3 Å². The molecule has 1 atom stereocenters. The lowest BCUT2D eigenvalue weighted by Crippen LogP contribution is -2.46. The second kappa shape index (κ2) is 7.72. The van der Waals surface area contributed by atoms with E-state index in [0.29, 0.717) is 25.2 Å². The maximum Gasteiger partial charge on any atom is 0.314 e. The number of carbonyl (C=O) groups is 2. The van der Waals surface area contributed by atoms with Gasteiger partial charge in [0, 0.05) is 26.2 Å². The molecular weight excluding hydrogens is 323 g/mol. The highest BCUT2D eigenvalue weighted by atomic mass is 19.1. The Bertz CT molecular complexity index is 646. The summed E-state index contributed by atoms with van der Waals surface area (Å²) in [5.41, 5.74) is 6.68. The van der Waals surface area contributed by atoms with Crippen molar-refractivity contribution >= 4 is 23.3 Å². The van der Waals surface area contributed by atoms with Crippen LogP contribution in [0.5, 0.6) is 0 Å². The number of nitrogens with two attached hydrogens (primary N) is 1. The first-order valence-electron chi connectivity index (χ1n) is 8.94. The summed E-state index contributed by atoms with van der Waals surface area (Å²) in [5, 5.41) is 2.88. The van der Waals surface area contributed by atoms with Crippen LogP contribution < -0.4 is 16.0 Å². The van der Waals surface area contributed by atoms with E-state index in [0.717, 1.165) is 38.0 Å². The number of amides is 3. The molecule has 3 rings (SSSR count). The standard InChI is InChI=1S/C18H25FN4O2/c19-14-6-7-16(22-8-2-1-3-9-22)15(11-14)21-17(24)13-5-4-10-23(12-13)18(20)25/h6-7,11,13H,1-5,8-10,12H2,(H2,20,25)(H,21,24). The van der Waals surface area contributed by atoms with Gasteiger partial charge < -0.3 is 20.9 Å². The van der Waals surface area contributed by atoms with Gasteiger partial charge in [-0.2, -0.15) is 0 Å². The van der Waals surface area contributed by atoms with Crippen molar-refractivity contribution in [3.63, 3.8) is 0 Å². The summed E-state index contributed by atoms with van der Waals surface area (Å²) >= 11 is 0. The van der Waals surface area contributed by atoms with E-state index in [2.05, 4.69) is 10.2 Å². The number of carbonyl (C=O) groups excluding carboxylic acids is 2. The largest absolute Gasteiger partial charge is 0.370 e. The molecule has 7 heteroatoms. The predicted octanol–water partition coefficient (Wildman–Crippen LogP) is 2.55. The molecular formula is C18H25FN4O2. The van der Waals surface area contributed by atoms with Crippen LogP contribution in [0.2, 0.25) is 0 Å². The van der Waals surface area contributed by atoms with Crippen molar-refractivity contribution in [2.75, 3.05) is 36.4 Å². The molecule has 3 amide bonds. The zero-order valence-electron chi connectivity index (χ0n) is 14.3. The van der Waals surface area contributed by atoms with Crippen molar-refractivity contribution < 1.29 is 14.0 Å².